The lowest BCUT2D eigenvalue weighted by Gasteiger charge is -2.23. The fourth-order valence-corrected chi connectivity index (χ4v) is 3.60. The van der Waals surface area contributed by atoms with Gasteiger partial charge in [-0.3, -0.25) is 0 Å². The van der Waals surface area contributed by atoms with Gasteiger partial charge in [-0.15, -0.1) is 0 Å². The lowest BCUT2D eigenvalue weighted by molar-refractivity contribution is 0.190. The minimum Gasteiger partial charge on any atom is -0.383 e. The number of nitrogens with zero attached hydrogens (tertiary/aromatic N) is 6. The summed E-state index contributed by atoms with van der Waals surface area (Å²) in [6.07, 6.45) is 1.01. The van der Waals surface area contributed by atoms with Crippen LogP contribution in [0.3, 0.4) is 0 Å². The van der Waals surface area contributed by atoms with Crippen LogP contribution < -0.4 is 4.90 Å². The molecule has 3 aromatic rings. The Balaban J connectivity index is 2.13. The third-order valence-electron chi connectivity index (χ3n) is 5.14. The summed E-state index contributed by atoms with van der Waals surface area (Å²) in [7, 11) is 7.61. The highest BCUT2D eigenvalue weighted by Gasteiger charge is 2.21. The first-order chi connectivity index (χ1) is 15.0. The van der Waals surface area contributed by atoms with Crippen molar-refractivity contribution in [2.75, 3.05) is 66.1 Å². The summed E-state index contributed by atoms with van der Waals surface area (Å²) < 4.78 is 12.9. The van der Waals surface area contributed by atoms with Crippen molar-refractivity contribution in [3.63, 3.8) is 0 Å². The summed E-state index contributed by atoms with van der Waals surface area (Å²) >= 11 is 0. The number of anilines is 1. The largest absolute Gasteiger partial charge is 0.383 e. The van der Waals surface area contributed by atoms with Crippen LogP contribution in [0.2, 0.25) is 0 Å². The first-order valence-corrected chi connectivity index (χ1v) is 10.7. The van der Waals surface area contributed by atoms with Crippen LogP contribution in [-0.4, -0.2) is 85.6 Å². The predicted octanol–water partition coefficient (Wildman–Crippen LogP) is 2.85. The molecule has 0 radical (unpaired) electrons. The van der Waals surface area contributed by atoms with Gasteiger partial charge in [-0.25, -0.2) is 15.0 Å². The van der Waals surface area contributed by atoms with Gasteiger partial charge in [0.15, 0.2) is 17.0 Å². The average Bonchev–Trinajstić information content (AvgIpc) is 3.12. The van der Waals surface area contributed by atoms with Gasteiger partial charge in [0.25, 0.3) is 0 Å². The van der Waals surface area contributed by atoms with Crippen LogP contribution in [0.5, 0.6) is 0 Å². The Bertz CT molecular complexity index is 950. The zero-order chi connectivity index (χ0) is 22.2. The number of imidazole rings is 1. The maximum atomic E-state index is 5.33. The number of fused-ring (bicyclic) bond motifs is 1. The van der Waals surface area contributed by atoms with E-state index in [0.717, 1.165) is 53.7 Å². The first kappa shape index (κ1) is 23.1. The maximum absolute atomic E-state index is 5.33. The lowest BCUT2D eigenvalue weighted by atomic mass is 10.2. The minimum absolute atomic E-state index is 0.601. The predicted molar refractivity (Wildman–Crippen MR) is 125 cm³/mol. The Morgan fingerprint density at radius 3 is 2.19 bits per heavy atom. The quantitative estimate of drug-likeness (QED) is 0.441. The van der Waals surface area contributed by atoms with Gasteiger partial charge in [-0.2, -0.15) is 0 Å². The lowest BCUT2D eigenvalue weighted by Crippen LogP contribution is -2.32. The number of hydrogen-bond acceptors (Lipinski definition) is 7. The zero-order valence-electron chi connectivity index (χ0n) is 19.3. The molecular weight excluding hydrogens is 392 g/mol. The molecule has 0 aliphatic heterocycles. The van der Waals surface area contributed by atoms with Crippen molar-refractivity contribution in [3.8, 4) is 11.4 Å². The summed E-state index contributed by atoms with van der Waals surface area (Å²) in [5.74, 6) is 2.49. The van der Waals surface area contributed by atoms with E-state index in [2.05, 4.69) is 40.6 Å². The normalized spacial score (nSPS) is 11.5. The van der Waals surface area contributed by atoms with Crippen LogP contribution in [0.4, 0.5) is 5.82 Å². The van der Waals surface area contributed by atoms with Crippen LogP contribution in [0.15, 0.2) is 30.3 Å². The van der Waals surface area contributed by atoms with E-state index < -0.39 is 0 Å². The van der Waals surface area contributed by atoms with Crippen molar-refractivity contribution < 1.29 is 9.47 Å². The number of rotatable bonds is 12. The Morgan fingerprint density at radius 2 is 1.58 bits per heavy atom. The molecule has 0 bridgehead atoms. The van der Waals surface area contributed by atoms with Gasteiger partial charge >= 0.3 is 0 Å². The highest BCUT2D eigenvalue weighted by molar-refractivity contribution is 5.87. The van der Waals surface area contributed by atoms with Gasteiger partial charge in [-0.1, -0.05) is 30.3 Å². The van der Waals surface area contributed by atoms with Crippen LogP contribution in [0.25, 0.3) is 22.6 Å². The van der Waals surface area contributed by atoms with Gasteiger partial charge in [-0.05, 0) is 34.0 Å². The minimum atomic E-state index is 0.601. The molecule has 31 heavy (non-hydrogen) atoms. The number of aromatic nitrogens is 4. The molecule has 0 saturated heterocycles. The summed E-state index contributed by atoms with van der Waals surface area (Å²) in [6, 6.07) is 10.3. The van der Waals surface area contributed by atoms with E-state index in [0.29, 0.717) is 26.3 Å². The second-order valence-corrected chi connectivity index (χ2v) is 7.85. The number of hydrogen-bond donors (Lipinski definition) is 0. The molecule has 8 nitrogen and oxygen atoms in total. The summed E-state index contributed by atoms with van der Waals surface area (Å²) in [5.41, 5.74) is 2.77. The Kier molecular flexibility index (Phi) is 8.34. The topological polar surface area (TPSA) is 68.5 Å². The van der Waals surface area contributed by atoms with Crippen molar-refractivity contribution in [2.24, 2.45) is 0 Å². The molecule has 0 fully saturated rings. The molecule has 0 aliphatic rings. The molecule has 0 saturated carbocycles. The highest BCUT2D eigenvalue weighted by atomic mass is 16.5. The second-order valence-electron chi connectivity index (χ2n) is 7.85. The highest BCUT2D eigenvalue weighted by Crippen LogP contribution is 2.29. The second kappa shape index (κ2) is 11.2. The summed E-state index contributed by atoms with van der Waals surface area (Å²) in [5, 5.41) is 0. The Morgan fingerprint density at radius 1 is 0.903 bits per heavy atom. The number of ether oxygens (including phenoxy) is 2. The maximum Gasteiger partial charge on any atom is 0.166 e. The molecule has 0 atom stereocenters. The number of aryl methyl sites for hydroxylation is 2. The third kappa shape index (κ3) is 5.78. The monoisotopic (exact) mass is 426 g/mol. The SMILES string of the molecule is COCCN(CCOC)c1nc(C)nc2c1nc(-c1ccccc1)n2CCCN(C)C. The van der Waals surface area contributed by atoms with Gasteiger partial charge in [0, 0.05) is 39.4 Å². The van der Waals surface area contributed by atoms with Crippen molar-refractivity contribution in [3.05, 3.63) is 36.2 Å². The van der Waals surface area contributed by atoms with Crippen molar-refractivity contribution in [1.82, 2.24) is 24.4 Å². The smallest absolute Gasteiger partial charge is 0.166 e. The Labute approximate surface area is 184 Å². The van der Waals surface area contributed by atoms with E-state index in [-0.39, 0.29) is 0 Å². The molecule has 2 aromatic heterocycles. The third-order valence-corrected chi connectivity index (χ3v) is 5.14. The average molecular weight is 427 g/mol. The summed E-state index contributed by atoms with van der Waals surface area (Å²) in [4.78, 5) is 19.0. The fourth-order valence-electron chi connectivity index (χ4n) is 3.60. The van der Waals surface area contributed by atoms with E-state index in [4.69, 9.17) is 24.4 Å². The van der Waals surface area contributed by atoms with Crippen LogP contribution in [0.1, 0.15) is 12.2 Å². The van der Waals surface area contributed by atoms with Crippen LogP contribution in [0, 0.1) is 6.92 Å². The molecule has 8 heteroatoms. The van der Waals surface area contributed by atoms with E-state index in [1.165, 1.54) is 0 Å². The number of methoxy groups -OCH3 is 2. The summed E-state index contributed by atoms with van der Waals surface area (Å²) in [6.45, 7) is 6.39. The zero-order valence-corrected chi connectivity index (χ0v) is 19.3. The molecule has 0 spiro atoms. The molecule has 0 N–H and O–H groups in total. The van der Waals surface area contributed by atoms with Crippen molar-refractivity contribution >= 4 is 17.0 Å². The van der Waals surface area contributed by atoms with Gasteiger partial charge in [0.05, 0.1) is 13.2 Å². The molecule has 3 rings (SSSR count). The molecular formula is C23H34N6O2. The van der Waals surface area contributed by atoms with E-state index in [1.807, 2.05) is 25.1 Å². The molecule has 2 heterocycles. The van der Waals surface area contributed by atoms with E-state index >= 15 is 0 Å². The van der Waals surface area contributed by atoms with Gasteiger partial charge < -0.3 is 23.8 Å². The molecule has 0 unspecified atom stereocenters. The van der Waals surface area contributed by atoms with Crippen molar-refractivity contribution in [2.45, 2.75) is 19.9 Å². The van der Waals surface area contributed by atoms with E-state index in [9.17, 15) is 0 Å². The van der Waals surface area contributed by atoms with Gasteiger partial charge in [0.1, 0.15) is 11.6 Å². The molecule has 1 aromatic carbocycles. The Hall–Kier alpha value is -2.55. The first-order valence-electron chi connectivity index (χ1n) is 10.7. The fraction of sp³-hybridized carbons (Fsp3) is 0.522. The molecule has 0 amide bonds. The number of benzene rings is 1. The van der Waals surface area contributed by atoms with Crippen LogP contribution in [-0.2, 0) is 16.0 Å². The standard InChI is InChI=1S/C23H34N6O2/c1-18-24-22(28(14-16-30-4)15-17-31-5)20-23(25-18)29(13-9-12-27(2)3)21(26-20)19-10-7-6-8-11-19/h6-8,10-11H,9,12-17H2,1-5H3. The molecule has 168 valence electrons. The van der Waals surface area contributed by atoms with Gasteiger partial charge in [0.2, 0.25) is 0 Å². The molecule has 0 aliphatic carbocycles. The van der Waals surface area contributed by atoms with E-state index in [1.54, 1.807) is 14.2 Å². The van der Waals surface area contributed by atoms with Crippen LogP contribution >= 0.6 is 0 Å². The van der Waals surface area contributed by atoms with Crippen molar-refractivity contribution in [1.29, 1.82) is 0 Å².